The van der Waals surface area contributed by atoms with Crippen LogP contribution in [0.4, 0.5) is 5.69 Å². The number of furan rings is 1. The Bertz CT molecular complexity index is 743. The Hall–Kier alpha value is -2.07. The van der Waals surface area contributed by atoms with Gasteiger partial charge in [0.05, 0.1) is 11.8 Å². The summed E-state index contributed by atoms with van der Waals surface area (Å²) in [5.74, 6) is -0.197. The molecule has 94 valence electrons. The third-order valence-corrected chi connectivity index (χ3v) is 3.51. The van der Waals surface area contributed by atoms with Gasteiger partial charge in [0, 0.05) is 11.1 Å². The molecule has 0 saturated carbocycles. The topological polar surface area (TPSA) is 42.2 Å². The quantitative estimate of drug-likeness (QED) is 0.759. The fourth-order valence-corrected chi connectivity index (χ4v) is 2.40. The molecule has 0 bridgehead atoms. The zero-order chi connectivity index (χ0) is 13.2. The van der Waals surface area contributed by atoms with Gasteiger partial charge in [-0.05, 0) is 33.4 Å². The molecule has 3 nitrogen and oxygen atoms in total. The largest absolute Gasteiger partial charge is 0.457 e. The van der Waals surface area contributed by atoms with E-state index in [2.05, 4.69) is 21.2 Å². The van der Waals surface area contributed by atoms with Crippen molar-refractivity contribution in [1.82, 2.24) is 0 Å². The van der Waals surface area contributed by atoms with E-state index in [-0.39, 0.29) is 5.91 Å². The monoisotopic (exact) mass is 315 g/mol. The highest BCUT2D eigenvalue weighted by atomic mass is 79.9. The number of halogens is 1. The first-order valence-corrected chi connectivity index (χ1v) is 6.57. The molecular weight excluding hydrogens is 306 g/mol. The number of benzene rings is 2. The molecule has 0 saturated heterocycles. The van der Waals surface area contributed by atoms with Gasteiger partial charge >= 0.3 is 0 Å². The number of nitrogens with one attached hydrogen (secondary N) is 1. The summed E-state index contributed by atoms with van der Waals surface area (Å²) in [5.41, 5.74) is 1.27. The highest BCUT2D eigenvalue weighted by molar-refractivity contribution is 9.10. The van der Waals surface area contributed by atoms with Crippen molar-refractivity contribution in [2.24, 2.45) is 0 Å². The van der Waals surface area contributed by atoms with Crippen molar-refractivity contribution in [1.29, 1.82) is 0 Å². The summed E-state index contributed by atoms with van der Waals surface area (Å²) in [6, 6.07) is 15.4. The Morgan fingerprint density at radius 1 is 1.05 bits per heavy atom. The third-order valence-electron chi connectivity index (χ3n) is 2.90. The maximum absolute atomic E-state index is 12.1. The molecular formula is C15H10BrNO2. The molecule has 2 aromatic carbocycles. The van der Waals surface area contributed by atoms with Crippen LogP contribution in [0.1, 0.15) is 10.4 Å². The van der Waals surface area contributed by atoms with Crippen LogP contribution in [0.25, 0.3) is 10.8 Å². The molecule has 0 aliphatic rings. The van der Waals surface area contributed by atoms with E-state index in [1.54, 1.807) is 6.07 Å². The van der Waals surface area contributed by atoms with Gasteiger partial charge in [0.15, 0.2) is 4.67 Å². The molecule has 0 radical (unpaired) electrons. The summed E-state index contributed by atoms with van der Waals surface area (Å²) in [5, 5.41) is 5.00. The molecule has 1 N–H and O–H groups in total. The van der Waals surface area contributed by atoms with Crippen LogP contribution in [0, 0.1) is 0 Å². The summed E-state index contributed by atoms with van der Waals surface area (Å²) >= 11 is 3.20. The Labute approximate surface area is 118 Å². The Morgan fingerprint density at radius 2 is 1.84 bits per heavy atom. The molecule has 1 amide bonds. The fraction of sp³-hybridized carbons (Fsp3) is 0. The lowest BCUT2D eigenvalue weighted by Crippen LogP contribution is -2.11. The van der Waals surface area contributed by atoms with Crippen molar-refractivity contribution in [2.45, 2.75) is 0 Å². The van der Waals surface area contributed by atoms with Crippen LogP contribution < -0.4 is 5.32 Å². The molecule has 0 aliphatic heterocycles. The van der Waals surface area contributed by atoms with E-state index in [4.69, 9.17) is 4.42 Å². The molecule has 0 spiro atoms. The number of rotatable bonds is 2. The second kappa shape index (κ2) is 4.90. The van der Waals surface area contributed by atoms with E-state index in [9.17, 15) is 4.79 Å². The predicted octanol–water partition coefficient (Wildman–Crippen LogP) is 4.45. The smallest absolute Gasteiger partial charge is 0.260 e. The molecule has 0 aliphatic carbocycles. The van der Waals surface area contributed by atoms with Crippen molar-refractivity contribution in [3.63, 3.8) is 0 Å². The first kappa shape index (κ1) is 12.0. The van der Waals surface area contributed by atoms with Crippen molar-refractivity contribution in [3.05, 3.63) is 65.0 Å². The second-order valence-corrected chi connectivity index (χ2v) is 4.81. The minimum Gasteiger partial charge on any atom is -0.457 e. The highest BCUT2D eigenvalue weighted by Gasteiger charge is 2.13. The Balaban J connectivity index is 1.98. The lowest BCUT2D eigenvalue weighted by Gasteiger charge is -2.07. The first-order valence-electron chi connectivity index (χ1n) is 5.78. The van der Waals surface area contributed by atoms with Crippen molar-refractivity contribution < 1.29 is 9.21 Å². The van der Waals surface area contributed by atoms with Gasteiger partial charge in [-0.3, -0.25) is 4.79 Å². The van der Waals surface area contributed by atoms with E-state index in [1.165, 1.54) is 6.26 Å². The molecule has 0 fully saturated rings. The summed E-state index contributed by atoms with van der Waals surface area (Å²) in [6.07, 6.45) is 1.47. The van der Waals surface area contributed by atoms with Gasteiger partial charge in [-0.15, -0.1) is 0 Å². The highest BCUT2D eigenvalue weighted by Crippen LogP contribution is 2.25. The summed E-state index contributed by atoms with van der Waals surface area (Å²) < 4.78 is 5.50. The van der Waals surface area contributed by atoms with E-state index in [0.717, 1.165) is 16.5 Å². The average molecular weight is 316 g/mol. The van der Waals surface area contributed by atoms with Crippen molar-refractivity contribution in [2.75, 3.05) is 5.32 Å². The van der Waals surface area contributed by atoms with Gasteiger partial charge < -0.3 is 9.73 Å². The zero-order valence-corrected chi connectivity index (χ0v) is 11.5. The van der Waals surface area contributed by atoms with Crippen LogP contribution >= 0.6 is 15.9 Å². The SMILES string of the molecule is O=C(Nc1cccc2ccccc12)c1ccoc1Br. The molecule has 4 heteroatoms. The van der Waals surface area contributed by atoms with Crippen molar-refractivity contribution >= 4 is 38.3 Å². The van der Waals surface area contributed by atoms with Gasteiger partial charge in [0.1, 0.15) is 0 Å². The fourth-order valence-electron chi connectivity index (χ4n) is 1.98. The molecule has 0 atom stereocenters. The summed E-state index contributed by atoms with van der Waals surface area (Å²) in [7, 11) is 0. The number of amides is 1. The van der Waals surface area contributed by atoms with Crippen molar-refractivity contribution in [3.8, 4) is 0 Å². The molecule has 3 aromatic rings. The van der Waals surface area contributed by atoms with Gasteiger partial charge in [-0.1, -0.05) is 36.4 Å². The molecule has 19 heavy (non-hydrogen) atoms. The van der Waals surface area contributed by atoms with Crippen LogP contribution in [-0.4, -0.2) is 5.91 Å². The van der Waals surface area contributed by atoms with Gasteiger partial charge in [-0.25, -0.2) is 0 Å². The lowest BCUT2D eigenvalue weighted by molar-refractivity contribution is 0.102. The van der Waals surface area contributed by atoms with E-state index in [1.807, 2.05) is 42.5 Å². The van der Waals surface area contributed by atoms with E-state index < -0.39 is 0 Å². The molecule has 3 rings (SSSR count). The van der Waals surface area contributed by atoms with Crippen LogP contribution in [0.3, 0.4) is 0 Å². The van der Waals surface area contributed by atoms with Crippen LogP contribution in [0.5, 0.6) is 0 Å². The van der Waals surface area contributed by atoms with Crippen LogP contribution in [0.2, 0.25) is 0 Å². The molecule has 0 unspecified atom stereocenters. The number of carbonyl (C=O) groups excluding carboxylic acids is 1. The Morgan fingerprint density at radius 3 is 2.63 bits per heavy atom. The third kappa shape index (κ3) is 2.27. The maximum Gasteiger partial charge on any atom is 0.260 e. The lowest BCUT2D eigenvalue weighted by atomic mass is 10.1. The number of carbonyl (C=O) groups is 1. The van der Waals surface area contributed by atoms with Crippen LogP contribution in [-0.2, 0) is 0 Å². The normalized spacial score (nSPS) is 10.6. The van der Waals surface area contributed by atoms with E-state index in [0.29, 0.717) is 10.2 Å². The minimum atomic E-state index is -0.197. The number of fused-ring (bicyclic) bond motifs is 1. The molecule has 1 heterocycles. The van der Waals surface area contributed by atoms with Gasteiger partial charge in [-0.2, -0.15) is 0 Å². The summed E-state index contributed by atoms with van der Waals surface area (Å²) in [4.78, 5) is 12.1. The zero-order valence-electron chi connectivity index (χ0n) is 9.89. The Kier molecular flexibility index (Phi) is 3.09. The standard InChI is InChI=1S/C15H10BrNO2/c16-14-12(8-9-19-14)15(18)17-13-7-3-5-10-4-1-2-6-11(10)13/h1-9H,(H,17,18). The van der Waals surface area contributed by atoms with E-state index >= 15 is 0 Å². The number of hydrogen-bond acceptors (Lipinski definition) is 2. The predicted molar refractivity (Wildman–Crippen MR) is 78.3 cm³/mol. The maximum atomic E-state index is 12.1. The minimum absolute atomic E-state index is 0.197. The van der Waals surface area contributed by atoms with Crippen LogP contribution in [0.15, 0.2) is 63.9 Å². The average Bonchev–Trinajstić information content (AvgIpc) is 2.85. The second-order valence-electron chi connectivity index (χ2n) is 4.09. The first-order chi connectivity index (χ1) is 9.25. The molecule has 1 aromatic heterocycles. The number of hydrogen-bond donors (Lipinski definition) is 1. The number of anilines is 1. The van der Waals surface area contributed by atoms with Gasteiger partial charge in [0.25, 0.3) is 5.91 Å². The summed E-state index contributed by atoms with van der Waals surface area (Å²) in [6.45, 7) is 0. The van der Waals surface area contributed by atoms with Gasteiger partial charge in [0.2, 0.25) is 0 Å².